The number of rotatable bonds is 78. The van der Waals surface area contributed by atoms with Crippen molar-refractivity contribution in [2.45, 2.75) is 421 Å². The van der Waals surface area contributed by atoms with Crippen molar-refractivity contribution in [3.8, 4) is 0 Å². The van der Waals surface area contributed by atoms with Crippen LogP contribution >= 0.6 is 0 Å². The average molecular weight is 1590 g/mol. The summed E-state index contributed by atoms with van der Waals surface area (Å²) in [5.41, 5.74) is -1.56. The van der Waals surface area contributed by atoms with Crippen molar-refractivity contribution in [2.75, 3.05) is 26.4 Å². The van der Waals surface area contributed by atoms with E-state index in [4.69, 9.17) is 18.9 Å². The van der Waals surface area contributed by atoms with Crippen molar-refractivity contribution >= 4 is 81.9 Å². The predicted octanol–water partition coefficient (Wildman–Crippen LogP) is 27.1. The molecule has 0 atom stereocenters. The van der Waals surface area contributed by atoms with E-state index in [1.54, 1.807) is 0 Å². The fourth-order valence-electron chi connectivity index (χ4n) is 14.0. The molecule has 17 heteroatoms. The number of esters is 4. The normalized spacial score (nSPS) is 11.3. The zero-order valence-electron chi connectivity index (χ0n) is 68.9. The first kappa shape index (κ1) is 105. The van der Waals surface area contributed by atoms with E-state index in [0.29, 0.717) is 25.7 Å². The fourth-order valence-corrected chi connectivity index (χ4v) is 15.3. The molecule has 2 aromatic rings. The van der Waals surface area contributed by atoms with Crippen LogP contribution in [0, 0.1) is 0 Å². The summed E-state index contributed by atoms with van der Waals surface area (Å²) >= 11 is 0. The fraction of sp³-hybridized carbons (Fsp3) is 0.739. The summed E-state index contributed by atoms with van der Waals surface area (Å²) in [4.78, 5) is 50.4. The first-order valence-electron chi connectivity index (χ1n) is 43.9. The van der Waals surface area contributed by atoms with Crippen LogP contribution in [0.1, 0.15) is 452 Å². The van der Waals surface area contributed by atoms with E-state index in [1.165, 1.54) is 307 Å². The Kier molecular flexibility index (Phi) is 74.4. The van der Waals surface area contributed by atoms with E-state index in [1.807, 2.05) is 24.3 Å². The topological polar surface area (TPSA) is 220 Å². The molecule has 0 spiro atoms. The van der Waals surface area contributed by atoms with Gasteiger partial charge in [0, 0.05) is 0 Å². The molecule has 0 radical (unpaired) electrons. The van der Waals surface area contributed by atoms with Crippen LogP contribution in [-0.2, 0) is 39.2 Å². The molecular weight excluding hydrogens is 1430 g/mol. The summed E-state index contributed by atoms with van der Waals surface area (Å²) in [5.74, 6) is -3.62. The van der Waals surface area contributed by atoms with Gasteiger partial charge in [-0.05, 0) is 101 Å². The molecule has 0 N–H and O–H groups in total. The summed E-state index contributed by atoms with van der Waals surface area (Å²) in [6.45, 7) is 15.6. The van der Waals surface area contributed by atoms with Gasteiger partial charge in [0.1, 0.15) is 20.2 Å². The van der Waals surface area contributed by atoms with Crippen LogP contribution in [0.3, 0.4) is 0 Å². The van der Waals surface area contributed by atoms with Crippen LogP contribution in [0.4, 0.5) is 0 Å². The molecule has 0 heterocycles. The van der Waals surface area contributed by atoms with Crippen LogP contribution < -0.4 is 0 Å². The SMILES string of the molecule is C=CCCCCCCCCCCCCCCCCCOC(=O)c1cccc(S(=O)(=O)[O-])c1C(=O)OCCCCCCCCCCCCCCCCCC=C.C=CCCCCCCCCCCCCCCCCCOC(=O)c1cccc(S(=O)(=O)[O-])c1C(=O)OCCCCCCCCCCCCCCCCCC=C.[Ca+2]. The molecule has 0 aliphatic carbocycles. The van der Waals surface area contributed by atoms with Gasteiger partial charge >= 0.3 is 61.6 Å². The van der Waals surface area contributed by atoms with Crippen LogP contribution in [0.15, 0.2) is 96.8 Å². The molecule has 2 aromatic carbocycles. The number of carbonyl (C=O) groups is 4. The second-order valence-electron chi connectivity index (χ2n) is 30.3. The molecule has 2 rings (SSSR count). The summed E-state index contributed by atoms with van der Waals surface area (Å²) in [6.07, 6.45) is 85.0. The quantitative estimate of drug-likeness (QED) is 0.0150. The molecule has 0 aromatic heterocycles. The van der Waals surface area contributed by atoms with Crippen molar-refractivity contribution in [3.05, 3.63) is 109 Å². The van der Waals surface area contributed by atoms with E-state index in [-0.39, 0.29) is 75.3 Å². The van der Waals surface area contributed by atoms with Crippen molar-refractivity contribution < 1.29 is 64.1 Å². The maximum atomic E-state index is 13.0. The first-order valence-corrected chi connectivity index (χ1v) is 46.8. The van der Waals surface area contributed by atoms with Crippen molar-refractivity contribution in [2.24, 2.45) is 0 Å². The Hall–Kier alpha value is -3.64. The Morgan fingerprint density at radius 2 is 0.394 bits per heavy atom. The van der Waals surface area contributed by atoms with Gasteiger partial charge in [-0.1, -0.05) is 370 Å². The van der Waals surface area contributed by atoms with Gasteiger partial charge in [0.05, 0.1) is 58.5 Å². The molecule has 620 valence electrons. The Morgan fingerprint density at radius 1 is 0.248 bits per heavy atom. The first-order chi connectivity index (χ1) is 52.6. The predicted molar refractivity (Wildman–Crippen MR) is 452 cm³/mol. The van der Waals surface area contributed by atoms with Crippen LogP contribution in [0.2, 0.25) is 0 Å². The van der Waals surface area contributed by atoms with Crippen LogP contribution in [-0.4, -0.2) is 114 Å². The van der Waals surface area contributed by atoms with E-state index < -0.39 is 65.0 Å². The van der Waals surface area contributed by atoms with Crippen molar-refractivity contribution in [1.82, 2.24) is 0 Å². The van der Waals surface area contributed by atoms with Gasteiger partial charge in [0.25, 0.3) is 0 Å². The Bertz CT molecular complexity index is 2610. The van der Waals surface area contributed by atoms with Crippen molar-refractivity contribution in [3.63, 3.8) is 0 Å². The van der Waals surface area contributed by atoms with Gasteiger partial charge in [-0.15, -0.1) is 26.3 Å². The minimum absolute atomic E-state index is 0. The van der Waals surface area contributed by atoms with Gasteiger partial charge in [-0.25, -0.2) is 36.0 Å². The summed E-state index contributed by atoms with van der Waals surface area (Å²) < 4.78 is 93.5. The molecule has 0 saturated carbocycles. The summed E-state index contributed by atoms with van der Waals surface area (Å²) in [7, 11) is -10.0. The van der Waals surface area contributed by atoms with Gasteiger partial charge < -0.3 is 28.1 Å². The van der Waals surface area contributed by atoms with Crippen LogP contribution in [0.25, 0.3) is 0 Å². The second-order valence-corrected chi connectivity index (χ2v) is 33.0. The molecule has 109 heavy (non-hydrogen) atoms. The van der Waals surface area contributed by atoms with Gasteiger partial charge in [0.2, 0.25) is 0 Å². The molecule has 0 bridgehead atoms. The largest absolute Gasteiger partial charge is 2.00 e. The maximum absolute atomic E-state index is 13.0. The minimum Gasteiger partial charge on any atom is -0.744 e. The number of carbonyl (C=O) groups excluding carboxylic acids is 4. The third kappa shape index (κ3) is 62.4. The molecule has 0 unspecified atom stereocenters. The second kappa shape index (κ2) is 77.0. The van der Waals surface area contributed by atoms with Gasteiger partial charge in [0.15, 0.2) is 0 Å². The summed E-state index contributed by atoms with van der Waals surface area (Å²) in [6, 6.07) is 7.25. The van der Waals surface area contributed by atoms with Crippen molar-refractivity contribution in [1.29, 1.82) is 0 Å². The zero-order chi connectivity index (χ0) is 78.8. The summed E-state index contributed by atoms with van der Waals surface area (Å²) in [5, 5.41) is 0. The number of hydrogen-bond donors (Lipinski definition) is 0. The molecule has 14 nitrogen and oxygen atoms in total. The third-order valence-corrected chi connectivity index (χ3v) is 22.3. The number of allylic oxidation sites excluding steroid dienone is 4. The maximum Gasteiger partial charge on any atom is 2.00 e. The molecular formula is C92H154CaO14S2. The molecule has 0 aliphatic heterocycles. The average Bonchev–Trinajstić information content (AvgIpc) is 0.798. The zero-order valence-corrected chi connectivity index (χ0v) is 72.8. The Morgan fingerprint density at radius 3 is 0.550 bits per heavy atom. The molecule has 0 aliphatic rings. The molecule has 0 amide bonds. The van der Waals surface area contributed by atoms with Crippen LogP contribution in [0.5, 0.6) is 0 Å². The number of ether oxygens (including phenoxy) is 4. The van der Waals surface area contributed by atoms with E-state index in [2.05, 4.69) is 26.3 Å². The van der Waals surface area contributed by atoms with E-state index in [9.17, 15) is 45.1 Å². The minimum atomic E-state index is -5.01. The Balaban J connectivity index is 0.00000212. The van der Waals surface area contributed by atoms with E-state index >= 15 is 0 Å². The third-order valence-electron chi connectivity index (χ3n) is 20.6. The molecule has 0 fully saturated rings. The monoisotopic (exact) mass is 1590 g/mol. The molecule has 0 saturated heterocycles. The number of hydrogen-bond acceptors (Lipinski definition) is 14. The smallest absolute Gasteiger partial charge is 0.744 e. The van der Waals surface area contributed by atoms with E-state index in [0.717, 1.165) is 115 Å². The van der Waals surface area contributed by atoms with Gasteiger partial charge in [-0.2, -0.15) is 0 Å². The number of benzene rings is 2. The number of unbranched alkanes of at least 4 members (excludes halogenated alkanes) is 60. The standard InChI is InChI=1S/2C46H78O7S.Ca/c2*1-3-5-7-9-11-13-15-17-19-21-23-25-27-29-31-33-35-40-52-45(47)42-38-37-39-43(54(49,50)51)44(42)46(48)53-41-36-34-32-30-28-26-24-22-20-18-16-14-12-10-8-6-4-2;/h2*3-4,37-39H,1-2,5-36,40-41H2,(H,49,50,51);/q;;+2/p-2. The Labute approximate surface area is 696 Å². The van der Waals surface area contributed by atoms with Gasteiger partial charge in [-0.3, -0.25) is 0 Å².